The first-order valence-electron chi connectivity index (χ1n) is 9.64. The van der Waals surface area contributed by atoms with Gasteiger partial charge in [0.1, 0.15) is 18.1 Å². The molecule has 4 nitrogen and oxygen atoms in total. The van der Waals surface area contributed by atoms with Crippen LogP contribution in [0.1, 0.15) is 27.0 Å². The Morgan fingerprint density at radius 3 is 2.40 bits per heavy atom. The maximum Gasteiger partial charge on any atom is 0.232 e. The van der Waals surface area contributed by atoms with E-state index in [0.29, 0.717) is 29.4 Å². The van der Waals surface area contributed by atoms with E-state index in [2.05, 4.69) is 15.9 Å². The Labute approximate surface area is 184 Å². The summed E-state index contributed by atoms with van der Waals surface area (Å²) < 4.78 is 12.9. The van der Waals surface area contributed by atoms with E-state index in [9.17, 15) is 4.79 Å². The second kappa shape index (κ2) is 8.36. The van der Waals surface area contributed by atoms with Crippen molar-refractivity contribution in [3.8, 4) is 11.5 Å². The van der Waals surface area contributed by atoms with Gasteiger partial charge in [-0.3, -0.25) is 4.79 Å². The molecule has 3 aromatic rings. The predicted octanol–water partition coefficient (Wildman–Crippen LogP) is 6.02. The molecule has 0 fully saturated rings. The lowest BCUT2D eigenvalue weighted by Crippen LogP contribution is -2.08. The van der Waals surface area contributed by atoms with Crippen LogP contribution in [0.5, 0.6) is 11.5 Å². The number of fused-ring (bicyclic) bond motifs is 1. The first kappa shape index (κ1) is 20.2. The standard InChI is InChI=1S/C25H22BrNO3/c1-16-12-21(29-15-18-4-8-19(26)9-5-18)14-22-24(16)25(28)23(30-22)13-17-6-10-20(11-7-17)27(2)3/h4-14H,15H2,1-3H3/b23-13-. The largest absolute Gasteiger partial charge is 0.489 e. The summed E-state index contributed by atoms with van der Waals surface area (Å²) in [6.45, 7) is 2.35. The quantitative estimate of drug-likeness (QED) is 0.433. The van der Waals surface area contributed by atoms with Crippen LogP contribution in [0, 0.1) is 6.92 Å². The summed E-state index contributed by atoms with van der Waals surface area (Å²) >= 11 is 3.43. The van der Waals surface area contributed by atoms with Crippen molar-refractivity contribution in [1.82, 2.24) is 0 Å². The smallest absolute Gasteiger partial charge is 0.232 e. The molecule has 0 aliphatic carbocycles. The van der Waals surface area contributed by atoms with Gasteiger partial charge in [-0.15, -0.1) is 0 Å². The van der Waals surface area contributed by atoms with E-state index in [1.54, 1.807) is 12.1 Å². The van der Waals surface area contributed by atoms with Gasteiger partial charge in [0.2, 0.25) is 5.78 Å². The van der Waals surface area contributed by atoms with Crippen LogP contribution in [0.4, 0.5) is 5.69 Å². The summed E-state index contributed by atoms with van der Waals surface area (Å²) in [5, 5.41) is 0. The number of rotatable bonds is 5. The van der Waals surface area contributed by atoms with Crippen LogP contribution in [0.25, 0.3) is 6.08 Å². The number of ketones is 1. The molecule has 0 aromatic heterocycles. The van der Waals surface area contributed by atoms with Crippen LogP contribution in [-0.2, 0) is 6.61 Å². The third-order valence-corrected chi connectivity index (χ3v) is 5.50. The molecule has 0 unspecified atom stereocenters. The maximum absolute atomic E-state index is 12.9. The zero-order valence-electron chi connectivity index (χ0n) is 17.1. The molecule has 0 radical (unpaired) electrons. The molecule has 0 atom stereocenters. The van der Waals surface area contributed by atoms with Crippen LogP contribution in [-0.4, -0.2) is 19.9 Å². The second-order valence-corrected chi connectivity index (χ2v) is 8.37. The Kier molecular flexibility index (Phi) is 5.64. The number of nitrogens with zero attached hydrogens (tertiary/aromatic N) is 1. The molecule has 0 N–H and O–H groups in total. The lowest BCUT2D eigenvalue weighted by atomic mass is 10.0. The first-order valence-corrected chi connectivity index (χ1v) is 10.4. The molecule has 152 valence electrons. The highest BCUT2D eigenvalue weighted by atomic mass is 79.9. The Bertz CT molecular complexity index is 1120. The molecule has 1 aliphatic rings. The molecule has 1 aliphatic heterocycles. The van der Waals surface area contributed by atoms with Crippen molar-refractivity contribution in [2.75, 3.05) is 19.0 Å². The maximum atomic E-state index is 12.9. The fourth-order valence-corrected chi connectivity index (χ4v) is 3.59. The summed E-state index contributed by atoms with van der Waals surface area (Å²) in [6, 6.07) is 19.6. The van der Waals surface area contributed by atoms with Gasteiger partial charge in [0.25, 0.3) is 0 Å². The first-order chi connectivity index (χ1) is 14.4. The van der Waals surface area contributed by atoms with Crippen molar-refractivity contribution < 1.29 is 14.3 Å². The molecule has 3 aromatic carbocycles. The number of hydrogen-bond donors (Lipinski definition) is 0. The van der Waals surface area contributed by atoms with Crippen molar-refractivity contribution in [2.24, 2.45) is 0 Å². The normalized spacial score (nSPS) is 13.9. The molecule has 5 heteroatoms. The summed E-state index contributed by atoms with van der Waals surface area (Å²) in [6.07, 6.45) is 1.78. The number of aryl methyl sites for hydroxylation is 1. The number of benzene rings is 3. The topological polar surface area (TPSA) is 38.8 Å². The van der Waals surface area contributed by atoms with Gasteiger partial charge in [0.05, 0.1) is 5.56 Å². The van der Waals surface area contributed by atoms with Gasteiger partial charge in [0, 0.05) is 30.3 Å². The van der Waals surface area contributed by atoms with Gasteiger partial charge >= 0.3 is 0 Å². The fraction of sp³-hybridized carbons (Fsp3) is 0.160. The number of hydrogen-bond acceptors (Lipinski definition) is 4. The van der Waals surface area contributed by atoms with Crippen molar-refractivity contribution >= 4 is 33.5 Å². The third-order valence-electron chi connectivity index (χ3n) is 4.97. The van der Waals surface area contributed by atoms with E-state index in [-0.39, 0.29) is 5.78 Å². The fourth-order valence-electron chi connectivity index (χ4n) is 3.33. The number of Topliss-reactive ketones (excluding diaryl/α,β-unsaturated/α-hetero) is 1. The molecule has 0 saturated carbocycles. The molecule has 4 rings (SSSR count). The molecule has 30 heavy (non-hydrogen) atoms. The van der Waals surface area contributed by atoms with Crippen molar-refractivity contribution in [1.29, 1.82) is 0 Å². The van der Waals surface area contributed by atoms with Crippen molar-refractivity contribution in [3.05, 3.63) is 93.1 Å². The minimum atomic E-state index is -0.0985. The number of ether oxygens (including phenoxy) is 2. The van der Waals surface area contributed by atoms with Crippen LogP contribution >= 0.6 is 15.9 Å². The Morgan fingerprint density at radius 2 is 1.73 bits per heavy atom. The van der Waals surface area contributed by atoms with Gasteiger partial charge in [-0.05, 0) is 60.0 Å². The number of allylic oxidation sites excluding steroid dienone is 1. The molecular formula is C25H22BrNO3. The monoisotopic (exact) mass is 463 g/mol. The van der Waals surface area contributed by atoms with E-state index >= 15 is 0 Å². The average Bonchev–Trinajstić information content (AvgIpc) is 3.03. The Balaban J connectivity index is 1.53. The summed E-state index contributed by atoms with van der Waals surface area (Å²) in [7, 11) is 3.99. The second-order valence-electron chi connectivity index (χ2n) is 7.45. The third kappa shape index (κ3) is 4.26. The van der Waals surface area contributed by atoms with Crippen LogP contribution in [0.3, 0.4) is 0 Å². The minimum Gasteiger partial charge on any atom is -0.489 e. The number of halogens is 1. The van der Waals surface area contributed by atoms with E-state index in [4.69, 9.17) is 9.47 Å². The van der Waals surface area contributed by atoms with E-state index < -0.39 is 0 Å². The highest BCUT2D eigenvalue weighted by Gasteiger charge is 2.30. The van der Waals surface area contributed by atoms with E-state index in [0.717, 1.165) is 26.9 Å². The van der Waals surface area contributed by atoms with Gasteiger partial charge < -0.3 is 14.4 Å². The lowest BCUT2D eigenvalue weighted by Gasteiger charge is -2.11. The predicted molar refractivity (Wildman–Crippen MR) is 123 cm³/mol. The highest BCUT2D eigenvalue weighted by Crippen LogP contribution is 2.37. The van der Waals surface area contributed by atoms with Gasteiger partial charge in [-0.1, -0.05) is 40.2 Å². The molecule has 0 amide bonds. The Morgan fingerprint density at radius 1 is 1.03 bits per heavy atom. The Hall–Kier alpha value is -3.05. The number of carbonyl (C=O) groups excluding carboxylic acids is 1. The minimum absolute atomic E-state index is 0.0985. The molecule has 0 spiro atoms. The van der Waals surface area contributed by atoms with E-state index in [1.807, 2.05) is 80.5 Å². The van der Waals surface area contributed by atoms with Crippen LogP contribution in [0.2, 0.25) is 0 Å². The average molecular weight is 464 g/mol. The summed E-state index contributed by atoms with van der Waals surface area (Å²) in [4.78, 5) is 14.9. The number of anilines is 1. The summed E-state index contributed by atoms with van der Waals surface area (Å²) in [5.41, 5.74) is 4.52. The number of carbonyl (C=O) groups is 1. The molecule has 0 bridgehead atoms. The molecule has 0 saturated heterocycles. The van der Waals surface area contributed by atoms with E-state index in [1.165, 1.54) is 0 Å². The van der Waals surface area contributed by atoms with Crippen LogP contribution in [0.15, 0.2) is 70.9 Å². The zero-order valence-corrected chi connectivity index (χ0v) is 18.7. The lowest BCUT2D eigenvalue weighted by molar-refractivity contribution is 0.101. The van der Waals surface area contributed by atoms with Crippen molar-refractivity contribution in [2.45, 2.75) is 13.5 Å². The van der Waals surface area contributed by atoms with Gasteiger partial charge in [-0.2, -0.15) is 0 Å². The zero-order chi connectivity index (χ0) is 21.3. The highest BCUT2D eigenvalue weighted by molar-refractivity contribution is 9.10. The SMILES string of the molecule is Cc1cc(OCc2ccc(Br)cc2)cc2c1C(=O)/C(=C/c1ccc(N(C)C)cc1)O2. The van der Waals surface area contributed by atoms with Crippen molar-refractivity contribution in [3.63, 3.8) is 0 Å². The molecular weight excluding hydrogens is 442 g/mol. The van der Waals surface area contributed by atoms with Gasteiger partial charge in [-0.25, -0.2) is 0 Å². The van der Waals surface area contributed by atoms with Gasteiger partial charge in [0.15, 0.2) is 5.76 Å². The van der Waals surface area contributed by atoms with Crippen LogP contribution < -0.4 is 14.4 Å². The molecule has 1 heterocycles. The summed E-state index contributed by atoms with van der Waals surface area (Å²) in [5.74, 6) is 1.45.